The standard InChI is InChI=1S/C25H43FN6O/c1-6-19(11-9-8-10-12-21-17-30-23(28)18-31(21)4)15-22(25(3,26)7-2)33-24-29-14-13-20(16-27)32(24)5/h11,13-14,17,20,22H,6-10,12,15-16,18,27H2,1-5H3,(H2,28,30)/b19-11-/t20-,22-,25?/m1/s1. The second-order valence-corrected chi connectivity index (χ2v) is 9.17. The van der Waals surface area contributed by atoms with Gasteiger partial charge in [0.1, 0.15) is 17.6 Å². The van der Waals surface area contributed by atoms with Gasteiger partial charge in [0.15, 0.2) is 0 Å². The Bertz CT molecular complexity index is 786. The third-order valence-electron chi connectivity index (χ3n) is 6.63. The van der Waals surface area contributed by atoms with Crippen LogP contribution in [0.1, 0.15) is 65.7 Å². The lowest BCUT2D eigenvalue weighted by Crippen LogP contribution is -2.47. The maximum Gasteiger partial charge on any atom is 0.292 e. The van der Waals surface area contributed by atoms with Crippen LogP contribution in [0.15, 0.2) is 45.8 Å². The lowest BCUT2D eigenvalue weighted by Gasteiger charge is -2.36. The van der Waals surface area contributed by atoms with E-state index in [1.165, 1.54) is 11.3 Å². The van der Waals surface area contributed by atoms with Crippen molar-refractivity contribution in [2.75, 3.05) is 27.2 Å². The van der Waals surface area contributed by atoms with Gasteiger partial charge in [-0.15, -0.1) is 0 Å². The van der Waals surface area contributed by atoms with Crippen molar-refractivity contribution in [3.63, 3.8) is 0 Å². The predicted molar refractivity (Wildman–Crippen MR) is 136 cm³/mol. The van der Waals surface area contributed by atoms with Crippen LogP contribution in [0.3, 0.4) is 0 Å². The molecular weight excluding hydrogens is 419 g/mol. The van der Waals surface area contributed by atoms with Crippen molar-refractivity contribution in [3.8, 4) is 0 Å². The smallest absolute Gasteiger partial charge is 0.292 e. The highest BCUT2D eigenvalue weighted by atomic mass is 19.1. The quantitative estimate of drug-likeness (QED) is 0.337. The second kappa shape index (κ2) is 12.8. The van der Waals surface area contributed by atoms with Crippen molar-refractivity contribution in [1.82, 2.24) is 9.80 Å². The molecular formula is C25H43FN6O. The molecule has 0 aliphatic carbocycles. The van der Waals surface area contributed by atoms with Gasteiger partial charge in [0.2, 0.25) is 0 Å². The average molecular weight is 463 g/mol. The third kappa shape index (κ3) is 7.88. The molecule has 0 radical (unpaired) electrons. The Balaban J connectivity index is 1.95. The van der Waals surface area contributed by atoms with Crippen LogP contribution in [-0.2, 0) is 4.74 Å². The molecule has 2 aliphatic heterocycles. The summed E-state index contributed by atoms with van der Waals surface area (Å²) in [6.45, 7) is 6.73. The van der Waals surface area contributed by atoms with Crippen LogP contribution in [0.4, 0.5) is 4.39 Å². The van der Waals surface area contributed by atoms with Gasteiger partial charge in [-0.05, 0) is 51.5 Å². The predicted octanol–water partition coefficient (Wildman–Crippen LogP) is 4.08. The molecule has 0 aromatic carbocycles. The molecule has 0 amide bonds. The number of allylic oxidation sites excluding steroid dienone is 2. The topological polar surface area (TPSA) is 92.5 Å². The van der Waals surface area contributed by atoms with Crippen LogP contribution >= 0.6 is 0 Å². The van der Waals surface area contributed by atoms with Gasteiger partial charge >= 0.3 is 0 Å². The molecule has 0 saturated carbocycles. The maximum atomic E-state index is 15.5. The highest BCUT2D eigenvalue weighted by Gasteiger charge is 2.37. The monoisotopic (exact) mass is 462 g/mol. The van der Waals surface area contributed by atoms with E-state index >= 15 is 4.39 Å². The van der Waals surface area contributed by atoms with Crippen LogP contribution in [0.2, 0.25) is 0 Å². The second-order valence-electron chi connectivity index (χ2n) is 9.17. The molecule has 8 heteroatoms. The van der Waals surface area contributed by atoms with E-state index in [1.807, 2.05) is 38.2 Å². The molecule has 7 nitrogen and oxygen atoms in total. The number of ether oxygens (including phenoxy) is 1. The van der Waals surface area contributed by atoms with Crippen LogP contribution in [0.5, 0.6) is 0 Å². The number of likely N-dealkylation sites (N-methyl/N-ethyl adjacent to an activating group) is 2. The molecule has 0 aromatic rings. The Labute approximate surface area is 199 Å². The zero-order valence-corrected chi connectivity index (χ0v) is 21.1. The van der Waals surface area contributed by atoms with Gasteiger partial charge in [-0.3, -0.25) is 0 Å². The van der Waals surface area contributed by atoms with Gasteiger partial charge in [0.25, 0.3) is 6.02 Å². The molecule has 2 aliphatic rings. The maximum absolute atomic E-state index is 15.5. The number of nitrogens with zero attached hydrogens (tertiary/aromatic N) is 4. The molecule has 2 rings (SSSR count). The van der Waals surface area contributed by atoms with Crippen molar-refractivity contribution in [2.45, 2.75) is 83.5 Å². The summed E-state index contributed by atoms with van der Waals surface area (Å²) in [7, 11) is 3.93. The fraction of sp³-hybridized carbons (Fsp3) is 0.680. The van der Waals surface area contributed by atoms with Crippen molar-refractivity contribution < 1.29 is 9.13 Å². The molecule has 0 bridgehead atoms. The number of alkyl halides is 1. The van der Waals surface area contributed by atoms with Gasteiger partial charge in [-0.2, -0.15) is 0 Å². The van der Waals surface area contributed by atoms with Gasteiger partial charge in [-0.25, -0.2) is 14.4 Å². The Morgan fingerprint density at radius 1 is 1.33 bits per heavy atom. The summed E-state index contributed by atoms with van der Waals surface area (Å²) in [5.41, 5.74) is 12.6. The Hall–Kier alpha value is -2.35. The lowest BCUT2D eigenvalue weighted by molar-refractivity contribution is -0.000112. The van der Waals surface area contributed by atoms with E-state index in [0.29, 0.717) is 37.8 Å². The molecule has 33 heavy (non-hydrogen) atoms. The summed E-state index contributed by atoms with van der Waals surface area (Å²) in [6.07, 6.45) is 13.0. The van der Waals surface area contributed by atoms with Crippen molar-refractivity contribution in [2.24, 2.45) is 21.5 Å². The number of hydrogen-bond acceptors (Lipinski definition) is 7. The summed E-state index contributed by atoms with van der Waals surface area (Å²) in [6, 6.07) is 0.436. The molecule has 4 N–H and O–H groups in total. The fourth-order valence-electron chi connectivity index (χ4n) is 3.91. The third-order valence-corrected chi connectivity index (χ3v) is 6.63. The van der Waals surface area contributed by atoms with Crippen LogP contribution < -0.4 is 11.5 Å². The van der Waals surface area contributed by atoms with Crippen LogP contribution in [0.25, 0.3) is 0 Å². The van der Waals surface area contributed by atoms with E-state index in [2.05, 4.69) is 27.9 Å². The Morgan fingerprint density at radius 2 is 2.09 bits per heavy atom. The lowest BCUT2D eigenvalue weighted by atomic mass is 9.91. The average Bonchev–Trinajstić information content (AvgIpc) is 2.79. The summed E-state index contributed by atoms with van der Waals surface area (Å²) in [5.74, 6) is 0.653. The molecule has 0 spiro atoms. The molecule has 186 valence electrons. The van der Waals surface area contributed by atoms with E-state index in [9.17, 15) is 0 Å². The van der Waals surface area contributed by atoms with Crippen molar-refractivity contribution in [1.29, 1.82) is 0 Å². The number of hydrogen-bond donors (Lipinski definition) is 2. The summed E-state index contributed by atoms with van der Waals surface area (Å²) < 4.78 is 21.6. The number of halogens is 1. The van der Waals surface area contributed by atoms with E-state index in [4.69, 9.17) is 16.2 Å². The first kappa shape index (κ1) is 26.9. The number of rotatable bonds is 12. The minimum Gasteiger partial charge on any atom is -0.458 e. The van der Waals surface area contributed by atoms with Gasteiger partial charge in [-0.1, -0.05) is 25.5 Å². The summed E-state index contributed by atoms with van der Waals surface area (Å²) in [4.78, 5) is 12.6. The zero-order valence-electron chi connectivity index (χ0n) is 21.1. The first-order chi connectivity index (χ1) is 15.7. The Morgan fingerprint density at radius 3 is 2.73 bits per heavy atom. The Kier molecular flexibility index (Phi) is 10.4. The van der Waals surface area contributed by atoms with Crippen molar-refractivity contribution in [3.05, 3.63) is 35.8 Å². The number of unbranched alkanes of at least 4 members (excludes halogenated alkanes) is 2. The van der Waals surface area contributed by atoms with E-state index < -0.39 is 11.8 Å². The molecule has 2 heterocycles. The minimum absolute atomic E-state index is 0.00675. The first-order valence-corrected chi connectivity index (χ1v) is 12.1. The minimum atomic E-state index is -1.46. The van der Waals surface area contributed by atoms with Gasteiger partial charge < -0.3 is 26.0 Å². The van der Waals surface area contributed by atoms with E-state index in [-0.39, 0.29) is 6.04 Å². The summed E-state index contributed by atoms with van der Waals surface area (Å²) in [5, 5.41) is 0. The van der Waals surface area contributed by atoms with Gasteiger partial charge in [0, 0.05) is 45.2 Å². The number of aliphatic imine (C=N–C) groups is 2. The molecule has 3 atom stereocenters. The van der Waals surface area contributed by atoms with Crippen LogP contribution in [0, 0.1) is 0 Å². The SMILES string of the molecule is CC/C(=C/CCCCC1=CN=C(N)CN1C)C[C@@H](OC1=NC=C[C@H](CN)N1C)C(C)(F)CC. The van der Waals surface area contributed by atoms with Crippen molar-refractivity contribution >= 4 is 11.9 Å². The summed E-state index contributed by atoms with van der Waals surface area (Å²) >= 11 is 0. The molecule has 0 fully saturated rings. The largest absolute Gasteiger partial charge is 0.458 e. The van der Waals surface area contributed by atoms with E-state index in [0.717, 1.165) is 32.1 Å². The highest BCUT2D eigenvalue weighted by molar-refractivity contribution is 5.83. The fourth-order valence-corrected chi connectivity index (χ4v) is 3.91. The van der Waals surface area contributed by atoms with E-state index in [1.54, 1.807) is 13.1 Å². The number of amidine groups is 2. The molecule has 0 aromatic heterocycles. The van der Waals surface area contributed by atoms with Gasteiger partial charge in [0.05, 0.1) is 12.6 Å². The van der Waals surface area contributed by atoms with Crippen LogP contribution in [-0.4, -0.2) is 66.7 Å². The zero-order chi connectivity index (χ0) is 24.4. The normalized spacial score (nSPS) is 21.8. The highest BCUT2D eigenvalue weighted by Crippen LogP contribution is 2.30. The molecule has 1 unspecified atom stereocenters. The number of nitrogens with two attached hydrogens (primary N) is 2. The molecule has 0 saturated heterocycles. The first-order valence-electron chi connectivity index (χ1n) is 12.1.